The van der Waals surface area contributed by atoms with Crippen LogP contribution in [0, 0.1) is 11.3 Å². The van der Waals surface area contributed by atoms with Crippen LogP contribution in [-0.4, -0.2) is 46.9 Å². The standard InChI is InChI=1S/C15H23N3OS/c1-12(2)7-17-5-3-4-15(9-17)10-18(14(15)19)8-13-6-16-11-20-13/h6,11-12H,3-5,7-10H2,1-2H3. The van der Waals surface area contributed by atoms with E-state index in [0.29, 0.717) is 11.8 Å². The fraction of sp³-hybridized carbons (Fsp3) is 0.733. The summed E-state index contributed by atoms with van der Waals surface area (Å²) >= 11 is 1.63. The van der Waals surface area contributed by atoms with Crippen LogP contribution in [0.1, 0.15) is 31.6 Å². The van der Waals surface area contributed by atoms with Gasteiger partial charge < -0.3 is 9.80 Å². The highest BCUT2D eigenvalue weighted by Crippen LogP contribution is 2.41. The minimum atomic E-state index is -0.0716. The number of likely N-dealkylation sites (tertiary alicyclic amines) is 2. The topological polar surface area (TPSA) is 36.4 Å². The van der Waals surface area contributed by atoms with E-state index in [4.69, 9.17) is 0 Å². The molecule has 0 N–H and O–H groups in total. The molecule has 0 saturated carbocycles. The van der Waals surface area contributed by atoms with Gasteiger partial charge in [0.05, 0.1) is 17.5 Å². The number of carbonyl (C=O) groups excluding carboxylic acids is 1. The van der Waals surface area contributed by atoms with Crippen molar-refractivity contribution in [2.75, 3.05) is 26.2 Å². The summed E-state index contributed by atoms with van der Waals surface area (Å²) in [7, 11) is 0. The van der Waals surface area contributed by atoms with E-state index >= 15 is 0 Å². The van der Waals surface area contributed by atoms with Gasteiger partial charge in [-0.1, -0.05) is 13.8 Å². The summed E-state index contributed by atoms with van der Waals surface area (Å²) < 4.78 is 0. The van der Waals surface area contributed by atoms with Crippen LogP contribution < -0.4 is 0 Å². The number of hydrogen-bond acceptors (Lipinski definition) is 4. The highest BCUT2D eigenvalue weighted by Gasteiger charge is 2.53. The smallest absolute Gasteiger partial charge is 0.232 e. The lowest BCUT2D eigenvalue weighted by molar-refractivity contribution is -0.167. The van der Waals surface area contributed by atoms with Gasteiger partial charge in [-0.25, -0.2) is 0 Å². The average Bonchev–Trinajstić information content (AvgIpc) is 2.90. The lowest BCUT2D eigenvalue weighted by atomic mass is 9.72. The van der Waals surface area contributed by atoms with Crippen molar-refractivity contribution in [2.24, 2.45) is 11.3 Å². The molecule has 1 atom stereocenters. The zero-order chi connectivity index (χ0) is 14.2. The van der Waals surface area contributed by atoms with E-state index in [9.17, 15) is 4.79 Å². The Labute approximate surface area is 124 Å². The number of carbonyl (C=O) groups is 1. The number of nitrogens with zero attached hydrogens (tertiary/aromatic N) is 3. The molecule has 2 saturated heterocycles. The van der Waals surface area contributed by atoms with Crippen LogP contribution in [0.5, 0.6) is 0 Å². The number of thiazole rings is 1. The molecular formula is C15H23N3OS. The first kappa shape index (κ1) is 14.0. The largest absolute Gasteiger partial charge is 0.336 e. The number of amides is 1. The van der Waals surface area contributed by atoms with E-state index in [2.05, 4.69) is 23.7 Å². The maximum atomic E-state index is 12.6. The third-order valence-corrected chi connectivity index (χ3v) is 5.11. The molecule has 1 aromatic heterocycles. The van der Waals surface area contributed by atoms with Crippen molar-refractivity contribution in [3.63, 3.8) is 0 Å². The van der Waals surface area contributed by atoms with E-state index in [1.807, 2.05) is 16.6 Å². The number of piperidine rings is 1. The summed E-state index contributed by atoms with van der Waals surface area (Å²) in [6.45, 7) is 9.41. The van der Waals surface area contributed by atoms with E-state index in [1.165, 1.54) is 4.88 Å². The normalized spacial score (nSPS) is 27.4. The zero-order valence-corrected chi connectivity index (χ0v) is 13.2. The second-order valence-electron chi connectivity index (χ2n) is 6.64. The van der Waals surface area contributed by atoms with Gasteiger partial charge in [0.25, 0.3) is 0 Å². The monoisotopic (exact) mass is 293 g/mol. The maximum Gasteiger partial charge on any atom is 0.232 e. The first-order valence-corrected chi connectivity index (χ1v) is 8.36. The molecule has 2 aliphatic heterocycles. The molecule has 3 rings (SSSR count). The third-order valence-electron chi connectivity index (χ3n) is 4.34. The van der Waals surface area contributed by atoms with Gasteiger partial charge in [-0.05, 0) is 25.3 Å². The van der Waals surface area contributed by atoms with Gasteiger partial charge >= 0.3 is 0 Å². The van der Waals surface area contributed by atoms with Crippen molar-refractivity contribution in [3.05, 3.63) is 16.6 Å². The maximum absolute atomic E-state index is 12.6. The highest BCUT2D eigenvalue weighted by molar-refractivity contribution is 7.09. The molecule has 20 heavy (non-hydrogen) atoms. The van der Waals surface area contributed by atoms with Gasteiger partial charge in [-0.3, -0.25) is 9.78 Å². The number of hydrogen-bond donors (Lipinski definition) is 0. The average molecular weight is 293 g/mol. The molecular weight excluding hydrogens is 270 g/mol. The lowest BCUT2D eigenvalue weighted by Crippen LogP contribution is -2.66. The molecule has 0 bridgehead atoms. The first-order chi connectivity index (χ1) is 9.59. The van der Waals surface area contributed by atoms with Gasteiger partial charge in [0.2, 0.25) is 5.91 Å². The van der Waals surface area contributed by atoms with Crippen molar-refractivity contribution in [1.82, 2.24) is 14.8 Å². The number of aromatic nitrogens is 1. The van der Waals surface area contributed by atoms with E-state index < -0.39 is 0 Å². The Balaban J connectivity index is 1.59. The van der Waals surface area contributed by atoms with Crippen molar-refractivity contribution in [2.45, 2.75) is 33.2 Å². The lowest BCUT2D eigenvalue weighted by Gasteiger charge is -2.53. The molecule has 0 aromatic carbocycles. The summed E-state index contributed by atoms with van der Waals surface area (Å²) in [6.07, 6.45) is 4.10. The van der Waals surface area contributed by atoms with E-state index in [-0.39, 0.29) is 5.41 Å². The second-order valence-corrected chi connectivity index (χ2v) is 7.61. The number of rotatable bonds is 4. The SMILES string of the molecule is CC(C)CN1CCCC2(C1)CN(Cc1cncs1)C2=O. The second kappa shape index (κ2) is 5.45. The molecule has 3 heterocycles. The van der Waals surface area contributed by atoms with E-state index in [0.717, 1.165) is 45.6 Å². The Morgan fingerprint density at radius 2 is 2.30 bits per heavy atom. The molecule has 2 fully saturated rings. The molecule has 110 valence electrons. The fourth-order valence-corrected chi connectivity index (χ4v) is 4.20. The van der Waals surface area contributed by atoms with Gasteiger partial charge in [0.1, 0.15) is 0 Å². The number of β-lactam (4-membered cyclic amide) rings is 1. The highest BCUT2D eigenvalue weighted by atomic mass is 32.1. The van der Waals surface area contributed by atoms with Gasteiger partial charge in [0, 0.05) is 30.7 Å². The molecule has 5 heteroatoms. The van der Waals surface area contributed by atoms with Crippen LogP contribution in [0.4, 0.5) is 0 Å². The quantitative estimate of drug-likeness (QED) is 0.799. The fourth-order valence-electron chi connectivity index (χ4n) is 3.59. The Morgan fingerprint density at radius 3 is 2.95 bits per heavy atom. The van der Waals surface area contributed by atoms with Crippen molar-refractivity contribution in [3.8, 4) is 0 Å². The summed E-state index contributed by atoms with van der Waals surface area (Å²) in [5.41, 5.74) is 1.76. The molecule has 1 aromatic rings. The molecule has 2 aliphatic rings. The van der Waals surface area contributed by atoms with Gasteiger partial charge in [-0.15, -0.1) is 11.3 Å². The van der Waals surface area contributed by atoms with Gasteiger partial charge in [-0.2, -0.15) is 0 Å². The third kappa shape index (κ3) is 2.61. The zero-order valence-electron chi connectivity index (χ0n) is 12.3. The Kier molecular flexibility index (Phi) is 3.82. The molecule has 0 aliphatic carbocycles. The van der Waals surface area contributed by atoms with Crippen LogP contribution in [0.3, 0.4) is 0 Å². The van der Waals surface area contributed by atoms with Crippen molar-refractivity contribution < 1.29 is 4.79 Å². The van der Waals surface area contributed by atoms with Gasteiger partial charge in [0.15, 0.2) is 0 Å². The molecule has 1 unspecified atom stereocenters. The molecule has 1 spiro atoms. The summed E-state index contributed by atoms with van der Waals surface area (Å²) in [6, 6.07) is 0. The minimum absolute atomic E-state index is 0.0716. The molecule has 4 nitrogen and oxygen atoms in total. The first-order valence-electron chi connectivity index (χ1n) is 7.48. The molecule has 1 amide bonds. The predicted octanol–water partition coefficient (Wildman–Crippen LogP) is 2.22. The van der Waals surface area contributed by atoms with Crippen molar-refractivity contribution >= 4 is 17.2 Å². The molecule has 0 radical (unpaired) electrons. The van der Waals surface area contributed by atoms with E-state index in [1.54, 1.807) is 11.3 Å². The van der Waals surface area contributed by atoms with Crippen LogP contribution in [0.2, 0.25) is 0 Å². The van der Waals surface area contributed by atoms with Crippen molar-refractivity contribution in [1.29, 1.82) is 0 Å². The van der Waals surface area contributed by atoms with Crippen LogP contribution in [0.25, 0.3) is 0 Å². The van der Waals surface area contributed by atoms with Crippen LogP contribution >= 0.6 is 11.3 Å². The Morgan fingerprint density at radius 1 is 1.45 bits per heavy atom. The Hall–Kier alpha value is -0.940. The summed E-state index contributed by atoms with van der Waals surface area (Å²) in [4.78, 5) is 22.3. The van der Waals surface area contributed by atoms with Crippen LogP contribution in [-0.2, 0) is 11.3 Å². The Bertz CT molecular complexity index is 473. The predicted molar refractivity (Wildman–Crippen MR) is 80.5 cm³/mol. The minimum Gasteiger partial charge on any atom is -0.336 e. The summed E-state index contributed by atoms with van der Waals surface area (Å²) in [5.74, 6) is 1.04. The van der Waals surface area contributed by atoms with Crippen LogP contribution in [0.15, 0.2) is 11.7 Å². The summed E-state index contributed by atoms with van der Waals surface area (Å²) in [5, 5.41) is 0.